The minimum Gasteiger partial charge on any atom is -0.326 e. The van der Waals surface area contributed by atoms with Crippen molar-refractivity contribution in [1.29, 1.82) is 0 Å². The van der Waals surface area contributed by atoms with Gasteiger partial charge in [-0.2, -0.15) is 5.10 Å². The molecule has 0 aliphatic rings. The van der Waals surface area contributed by atoms with Crippen molar-refractivity contribution in [2.24, 2.45) is 12.8 Å². The molecule has 0 amide bonds. The third-order valence-corrected chi connectivity index (χ3v) is 4.04. The summed E-state index contributed by atoms with van der Waals surface area (Å²) in [5, 5.41) is 12.4. The molecule has 19 heavy (non-hydrogen) atoms. The maximum absolute atomic E-state index is 11.7. The number of nitrogens with two attached hydrogens (primary N) is 1. The van der Waals surface area contributed by atoms with Crippen LogP contribution in [0.4, 0.5) is 0 Å². The van der Waals surface area contributed by atoms with Crippen LogP contribution in [0.15, 0.2) is 15.0 Å². The van der Waals surface area contributed by atoms with Crippen LogP contribution in [0.25, 0.3) is 0 Å². The fraction of sp³-hybridized carbons (Fsp3) is 0.545. The first-order chi connectivity index (χ1) is 8.95. The summed E-state index contributed by atoms with van der Waals surface area (Å²) in [6.07, 6.45) is 0. The first-order valence-corrected chi connectivity index (χ1v) is 6.84. The van der Waals surface area contributed by atoms with Crippen LogP contribution < -0.4 is 11.4 Å². The van der Waals surface area contributed by atoms with Crippen LogP contribution in [0.1, 0.15) is 31.1 Å². The molecule has 7 nitrogen and oxygen atoms in total. The van der Waals surface area contributed by atoms with Crippen LogP contribution in [0.5, 0.6) is 0 Å². The summed E-state index contributed by atoms with van der Waals surface area (Å²) in [6.45, 7) is 6.23. The Hall–Kier alpha value is -1.54. The van der Waals surface area contributed by atoms with Gasteiger partial charge in [-0.05, 0) is 32.5 Å². The monoisotopic (exact) mass is 282 g/mol. The van der Waals surface area contributed by atoms with Gasteiger partial charge in [0.1, 0.15) is 5.03 Å². The maximum atomic E-state index is 11.7. The smallest absolute Gasteiger partial charge is 0.326 e. The van der Waals surface area contributed by atoms with Crippen molar-refractivity contribution in [3.8, 4) is 0 Å². The molecule has 0 saturated carbocycles. The van der Waals surface area contributed by atoms with Gasteiger partial charge in [0.05, 0.1) is 5.69 Å². The molecule has 0 aliphatic heterocycles. The SMILES string of the molecule is Cc1nn(C)c(Sc2n[nH]c(=O)n2C(C)C)c1CN. The molecule has 0 saturated heterocycles. The Balaban J connectivity index is 2.45. The minimum atomic E-state index is -0.203. The number of hydrogen-bond acceptors (Lipinski definition) is 5. The normalized spacial score (nSPS) is 11.5. The van der Waals surface area contributed by atoms with Gasteiger partial charge in [0.15, 0.2) is 5.16 Å². The van der Waals surface area contributed by atoms with Gasteiger partial charge >= 0.3 is 5.69 Å². The molecule has 3 N–H and O–H groups in total. The summed E-state index contributed by atoms with van der Waals surface area (Å²) < 4.78 is 3.39. The van der Waals surface area contributed by atoms with Crippen molar-refractivity contribution in [3.63, 3.8) is 0 Å². The van der Waals surface area contributed by atoms with Crippen molar-refractivity contribution in [3.05, 3.63) is 21.7 Å². The van der Waals surface area contributed by atoms with E-state index in [0.717, 1.165) is 16.3 Å². The van der Waals surface area contributed by atoms with E-state index >= 15 is 0 Å². The van der Waals surface area contributed by atoms with E-state index in [1.807, 2.05) is 27.8 Å². The molecule has 0 aliphatic carbocycles. The van der Waals surface area contributed by atoms with E-state index in [0.29, 0.717) is 11.7 Å². The number of aromatic nitrogens is 5. The van der Waals surface area contributed by atoms with Crippen molar-refractivity contribution in [2.75, 3.05) is 0 Å². The molecule has 8 heteroatoms. The first kappa shape index (κ1) is 13.9. The van der Waals surface area contributed by atoms with Crippen molar-refractivity contribution in [2.45, 2.75) is 43.5 Å². The summed E-state index contributed by atoms with van der Waals surface area (Å²) in [7, 11) is 1.86. The Labute approximate surface area is 115 Å². The summed E-state index contributed by atoms with van der Waals surface area (Å²) in [5.74, 6) is 0. The average Bonchev–Trinajstić information content (AvgIpc) is 2.81. The highest BCUT2D eigenvalue weighted by molar-refractivity contribution is 7.99. The van der Waals surface area contributed by atoms with Crippen LogP contribution in [-0.2, 0) is 13.6 Å². The highest BCUT2D eigenvalue weighted by Crippen LogP contribution is 2.30. The number of nitrogens with one attached hydrogen (secondary N) is 1. The Morgan fingerprint density at radius 3 is 2.74 bits per heavy atom. The van der Waals surface area contributed by atoms with E-state index in [1.165, 1.54) is 11.8 Å². The lowest BCUT2D eigenvalue weighted by Gasteiger charge is -2.09. The van der Waals surface area contributed by atoms with E-state index in [4.69, 9.17) is 5.73 Å². The number of aryl methyl sites for hydroxylation is 2. The molecule has 0 fully saturated rings. The zero-order chi connectivity index (χ0) is 14.2. The second-order valence-electron chi connectivity index (χ2n) is 4.57. The van der Waals surface area contributed by atoms with Crippen LogP contribution in [0.2, 0.25) is 0 Å². The van der Waals surface area contributed by atoms with Gasteiger partial charge in [0, 0.05) is 25.2 Å². The number of aromatic amines is 1. The quantitative estimate of drug-likeness (QED) is 0.865. The van der Waals surface area contributed by atoms with Gasteiger partial charge in [-0.15, -0.1) is 5.10 Å². The van der Waals surface area contributed by atoms with Gasteiger partial charge in [-0.3, -0.25) is 9.25 Å². The van der Waals surface area contributed by atoms with E-state index in [-0.39, 0.29) is 11.7 Å². The number of hydrogen-bond donors (Lipinski definition) is 2. The molecule has 2 heterocycles. The highest BCUT2D eigenvalue weighted by atomic mass is 32.2. The second-order valence-corrected chi connectivity index (χ2v) is 5.53. The predicted molar refractivity (Wildman–Crippen MR) is 73.2 cm³/mol. The number of rotatable bonds is 4. The lowest BCUT2D eigenvalue weighted by molar-refractivity contribution is 0.533. The molecule has 2 rings (SSSR count). The first-order valence-electron chi connectivity index (χ1n) is 6.03. The third-order valence-electron chi connectivity index (χ3n) is 2.87. The molecule has 2 aromatic rings. The largest absolute Gasteiger partial charge is 0.344 e. The second kappa shape index (κ2) is 5.22. The standard InChI is InChI=1S/C11H18N6OS/c1-6(2)17-10(18)13-14-11(17)19-9-8(5-12)7(3)15-16(9)4/h6H,5,12H2,1-4H3,(H,13,18). The van der Waals surface area contributed by atoms with Gasteiger partial charge < -0.3 is 5.73 Å². The van der Waals surface area contributed by atoms with E-state index in [2.05, 4.69) is 15.3 Å². The Kier molecular flexibility index (Phi) is 3.81. The molecule has 2 aromatic heterocycles. The minimum absolute atomic E-state index is 0.0457. The number of H-pyrrole nitrogens is 1. The predicted octanol–water partition coefficient (Wildman–Crippen LogP) is 0.804. The molecule has 0 radical (unpaired) electrons. The van der Waals surface area contributed by atoms with Gasteiger partial charge in [0.25, 0.3) is 0 Å². The summed E-state index contributed by atoms with van der Waals surface area (Å²) >= 11 is 1.40. The number of nitrogens with zero attached hydrogens (tertiary/aromatic N) is 4. The fourth-order valence-corrected chi connectivity index (χ4v) is 3.13. The molecule has 0 atom stereocenters. The van der Waals surface area contributed by atoms with Crippen LogP contribution in [0.3, 0.4) is 0 Å². The average molecular weight is 282 g/mol. The Morgan fingerprint density at radius 1 is 1.47 bits per heavy atom. The topological polar surface area (TPSA) is 94.5 Å². The molecule has 0 aromatic carbocycles. The molecular weight excluding hydrogens is 264 g/mol. The van der Waals surface area contributed by atoms with Gasteiger partial charge in [-0.25, -0.2) is 9.89 Å². The third kappa shape index (κ3) is 2.45. The summed E-state index contributed by atoms with van der Waals surface area (Å²) in [6, 6.07) is 0.0457. The summed E-state index contributed by atoms with van der Waals surface area (Å²) in [5.41, 5.74) is 7.44. The lowest BCUT2D eigenvalue weighted by Crippen LogP contribution is -2.19. The highest BCUT2D eigenvalue weighted by Gasteiger charge is 2.18. The van der Waals surface area contributed by atoms with E-state index in [9.17, 15) is 4.79 Å². The van der Waals surface area contributed by atoms with E-state index in [1.54, 1.807) is 9.25 Å². The van der Waals surface area contributed by atoms with Crippen LogP contribution in [0, 0.1) is 6.92 Å². The zero-order valence-corrected chi connectivity index (χ0v) is 12.3. The lowest BCUT2D eigenvalue weighted by atomic mass is 10.3. The van der Waals surface area contributed by atoms with E-state index < -0.39 is 0 Å². The van der Waals surface area contributed by atoms with Gasteiger partial charge in [-0.1, -0.05) is 0 Å². The maximum Gasteiger partial charge on any atom is 0.344 e. The Bertz CT molecular complexity index is 638. The molecule has 0 unspecified atom stereocenters. The van der Waals surface area contributed by atoms with Crippen LogP contribution >= 0.6 is 11.8 Å². The molecular formula is C11H18N6OS. The van der Waals surface area contributed by atoms with Crippen molar-refractivity contribution >= 4 is 11.8 Å². The van der Waals surface area contributed by atoms with Crippen molar-refractivity contribution < 1.29 is 0 Å². The van der Waals surface area contributed by atoms with Gasteiger partial charge in [0.2, 0.25) is 0 Å². The van der Waals surface area contributed by atoms with Crippen molar-refractivity contribution in [1.82, 2.24) is 24.5 Å². The fourth-order valence-electron chi connectivity index (χ4n) is 1.95. The zero-order valence-electron chi connectivity index (χ0n) is 11.5. The molecule has 104 valence electrons. The van der Waals surface area contributed by atoms with Crippen LogP contribution in [-0.4, -0.2) is 24.5 Å². The summed E-state index contributed by atoms with van der Waals surface area (Å²) in [4.78, 5) is 11.7. The molecule has 0 spiro atoms. The Morgan fingerprint density at radius 2 is 2.16 bits per heavy atom. The molecule has 0 bridgehead atoms.